The zero-order valence-electron chi connectivity index (χ0n) is 18.6. The summed E-state index contributed by atoms with van der Waals surface area (Å²) in [6.07, 6.45) is 3.31. The van der Waals surface area contributed by atoms with Gasteiger partial charge in [-0.1, -0.05) is 24.3 Å². The molecule has 170 valence electrons. The lowest BCUT2D eigenvalue weighted by atomic mass is 9.74. The van der Waals surface area contributed by atoms with E-state index >= 15 is 0 Å². The number of nitrogens with one attached hydrogen (secondary N) is 2. The lowest BCUT2D eigenvalue weighted by Gasteiger charge is -2.38. The molecule has 0 saturated carbocycles. The molecule has 32 heavy (non-hydrogen) atoms. The topological polar surface area (TPSA) is 66.0 Å². The maximum absolute atomic E-state index is 13.5. The van der Waals surface area contributed by atoms with E-state index in [2.05, 4.69) is 15.6 Å². The first-order valence-corrected chi connectivity index (χ1v) is 11.3. The Morgan fingerprint density at radius 1 is 1.09 bits per heavy atom. The zero-order valence-corrected chi connectivity index (χ0v) is 18.6. The van der Waals surface area contributed by atoms with E-state index in [1.807, 2.05) is 41.3 Å². The van der Waals surface area contributed by atoms with Crippen LogP contribution in [0.25, 0.3) is 0 Å². The number of anilines is 1. The van der Waals surface area contributed by atoms with Crippen LogP contribution in [0.1, 0.15) is 36.8 Å². The van der Waals surface area contributed by atoms with Crippen LogP contribution in [0.5, 0.6) is 0 Å². The van der Waals surface area contributed by atoms with Gasteiger partial charge in [0.1, 0.15) is 5.82 Å². The normalized spacial score (nSPS) is 18.6. The Balaban J connectivity index is 1.35. The predicted molar refractivity (Wildman–Crippen MR) is 124 cm³/mol. The first kappa shape index (κ1) is 22.3. The molecule has 7 heteroatoms. The van der Waals surface area contributed by atoms with Gasteiger partial charge in [0, 0.05) is 57.4 Å². The minimum absolute atomic E-state index is 0.118. The van der Waals surface area contributed by atoms with Gasteiger partial charge in [-0.15, -0.1) is 0 Å². The predicted octanol–water partition coefficient (Wildman–Crippen LogP) is 3.37. The number of carbonyl (C=O) groups is 1. The molecule has 2 aliphatic heterocycles. The fourth-order valence-electron chi connectivity index (χ4n) is 4.51. The van der Waals surface area contributed by atoms with Gasteiger partial charge >= 0.3 is 0 Å². The molecule has 0 spiro atoms. The lowest BCUT2D eigenvalue weighted by molar-refractivity contribution is -0.117. The maximum atomic E-state index is 13.5. The number of amides is 1. The Bertz CT molecular complexity index is 937. The Hall–Kier alpha value is -2.93. The number of benzene rings is 2. The molecule has 2 saturated heterocycles. The molecule has 0 radical (unpaired) electrons. The molecule has 2 heterocycles. The molecule has 0 aromatic heterocycles. The second-order valence-electron chi connectivity index (χ2n) is 8.49. The first-order valence-electron chi connectivity index (χ1n) is 11.3. The Kier molecular flexibility index (Phi) is 7.05. The van der Waals surface area contributed by atoms with Crippen molar-refractivity contribution < 1.29 is 13.9 Å². The monoisotopic (exact) mass is 438 g/mol. The molecule has 6 nitrogen and oxygen atoms in total. The fraction of sp³-hybridized carbons (Fsp3) is 0.440. The van der Waals surface area contributed by atoms with Crippen LogP contribution in [0, 0.1) is 5.82 Å². The van der Waals surface area contributed by atoms with Crippen molar-refractivity contribution in [2.45, 2.75) is 37.6 Å². The summed E-state index contributed by atoms with van der Waals surface area (Å²) in [6, 6.07) is 14.9. The molecule has 1 amide bonds. The third kappa shape index (κ3) is 5.10. The quantitative estimate of drug-likeness (QED) is 0.536. The number of nitrogens with zero attached hydrogens (tertiary/aromatic N) is 2. The molecule has 2 aromatic carbocycles. The van der Waals surface area contributed by atoms with Crippen molar-refractivity contribution in [1.29, 1.82) is 0 Å². The standard InChI is InChI=1S/C25H31FN4O2/c1-27-24(28-17-19-4-10-22(11-5-19)30-14-2-3-23(30)31)29-18-25(12-15-32-16-13-25)20-6-8-21(26)9-7-20/h4-11H,2-3,12-18H2,1H3,(H2,27,28,29). The van der Waals surface area contributed by atoms with E-state index in [-0.39, 0.29) is 17.1 Å². The molecule has 2 aromatic rings. The van der Waals surface area contributed by atoms with E-state index in [0.717, 1.165) is 48.6 Å². The van der Waals surface area contributed by atoms with Gasteiger partial charge in [0.05, 0.1) is 0 Å². The summed E-state index contributed by atoms with van der Waals surface area (Å²) in [5.41, 5.74) is 3.08. The number of aliphatic imine (C=N–C) groups is 1. The number of rotatable bonds is 6. The van der Waals surface area contributed by atoms with Gasteiger partial charge in [-0.2, -0.15) is 0 Å². The minimum atomic E-state index is -0.221. The minimum Gasteiger partial charge on any atom is -0.381 e. The molecule has 2 N–H and O–H groups in total. The molecule has 0 atom stereocenters. The SMILES string of the molecule is CN=C(NCc1ccc(N2CCCC2=O)cc1)NCC1(c2ccc(F)cc2)CCOCC1. The summed E-state index contributed by atoms with van der Waals surface area (Å²) in [5, 5.41) is 6.83. The number of hydrogen-bond donors (Lipinski definition) is 2. The van der Waals surface area contributed by atoms with Crippen LogP contribution in [0.2, 0.25) is 0 Å². The van der Waals surface area contributed by atoms with Gasteiger partial charge in [-0.25, -0.2) is 4.39 Å². The van der Waals surface area contributed by atoms with E-state index in [4.69, 9.17) is 4.74 Å². The van der Waals surface area contributed by atoms with E-state index in [1.54, 1.807) is 7.05 Å². The Morgan fingerprint density at radius 3 is 2.44 bits per heavy atom. The highest BCUT2D eigenvalue weighted by atomic mass is 19.1. The van der Waals surface area contributed by atoms with E-state index < -0.39 is 0 Å². The van der Waals surface area contributed by atoms with Crippen molar-refractivity contribution in [2.75, 3.05) is 38.3 Å². The molecule has 2 fully saturated rings. The Labute approximate surface area is 188 Å². The van der Waals surface area contributed by atoms with E-state index in [9.17, 15) is 9.18 Å². The van der Waals surface area contributed by atoms with Crippen LogP contribution in [-0.4, -0.2) is 45.2 Å². The summed E-state index contributed by atoms with van der Waals surface area (Å²) in [4.78, 5) is 18.1. The highest BCUT2D eigenvalue weighted by molar-refractivity contribution is 5.95. The van der Waals surface area contributed by atoms with Crippen molar-refractivity contribution in [3.8, 4) is 0 Å². The largest absolute Gasteiger partial charge is 0.381 e. The molecule has 0 aliphatic carbocycles. The van der Waals surface area contributed by atoms with Crippen LogP contribution < -0.4 is 15.5 Å². The molecule has 4 rings (SSSR count). The first-order chi connectivity index (χ1) is 15.6. The number of hydrogen-bond acceptors (Lipinski definition) is 3. The smallest absolute Gasteiger partial charge is 0.227 e. The number of guanidine groups is 1. The molecule has 0 bridgehead atoms. The van der Waals surface area contributed by atoms with Crippen molar-refractivity contribution in [3.05, 3.63) is 65.5 Å². The second-order valence-corrected chi connectivity index (χ2v) is 8.49. The third-order valence-corrected chi connectivity index (χ3v) is 6.51. The lowest BCUT2D eigenvalue weighted by Crippen LogP contribution is -2.47. The molecular weight excluding hydrogens is 407 g/mol. The van der Waals surface area contributed by atoms with Crippen LogP contribution in [0.4, 0.5) is 10.1 Å². The van der Waals surface area contributed by atoms with Gasteiger partial charge in [-0.05, 0) is 54.7 Å². The third-order valence-electron chi connectivity index (χ3n) is 6.51. The summed E-state index contributed by atoms with van der Waals surface area (Å²) in [6.45, 7) is 3.50. The van der Waals surface area contributed by atoms with Crippen LogP contribution >= 0.6 is 0 Å². The Morgan fingerprint density at radius 2 is 1.81 bits per heavy atom. The van der Waals surface area contributed by atoms with Gasteiger partial charge in [-0.3, -0.25) is 9.79 Å². The zero-order chi connectivity index (χ0) is 22.4. The molecular formula is C25H31FN4O2. The molecule has 0 unspecified atom stereocenters. The second kappa shape index (κ2) is 10.1. The van der Waals surface area contributed by atoms with Gasteiger partial charge in [0.25, 0.3) is 0 Å². The van der Waals surface area contributed by atoms with Gasteiger partial charge in [0.2, 0.25) is 5.91 Å². The summed E-state index contributed by atoms with van der Waals surface area (Å²) >= 11 is 0. The molecule has 2 aliphatic rings. The maximum Gasteiger partial charge on any atom is 0.227 e. The van der Waals surface area contributed by atoms with E-state index in [0.29, 0.717) is 32.7 Å². The van der Waals surface area contributed by atoms with Gasteiger partial charge < -0.3 is 20.3 Å². The average molecular weight is 439 g/mol. The van der Waals surface area contributed by atoms with Crippen LogP contribution in [-0.2, 0) is 21.5 Å². The van der Waals surface area contributed by atoms with Crippen molar-refractivity contribution in [3.63, 3.8) is 0 Å². The number of carbonyl (C=O) groups excluding carboxylic acids is 1. The summed E-state index contributed by atoms with van der Waals surface area (Å²) in [5.74, 6) is 0.696. The van der Waals surface area contributed by atoms with Crippen molar-refractivity contribution in [1.82, 2.24) is 10.6 Å². The van der Waals surface area contributed by atoms with E-state index in [1.165, 1.54) is 12.1 Å². The summed E-state index contributed by atoms with van der Waals surface area (Å²) in [7, 11) is 1.76. The van der Waals surface area contributed by atoms with Crippen LogP contribution in [0.3, 0.4) is 0 Å². The number of ether oxygens (including phenoxy) is 1. The number of halogens is 1. The highest BCUT2D eigenvalue weighted by Gasteiger charge is 2.34. The van der Waals surface area contributed by atoms with Crippen molar-refractivity contribution >= 4 is 17.6 Å². The average Bonchev–Trinajstić information content (AvgIpc) is 3.26. The van der Waals surface area contributed by atoms with Gasteiger partial charge in [0.15, 0.2) is 5.96 Å². The van der Waals surface area contributed by atoms with Crippen molar-refractivity contribution in [2.24, 2.45) is 4.99 Å². The summed E-state index contributed by atoms with van der Waals surface area (Å²) < 4.78 is 19.0. The van der Waals surface area contributed by atoms with Crippen LogP contribution in [0.15, 0.2) is 53.5 Å². The highest BCUT2D eigenvalue weighted by Crippen LogP contribution is 2.34. The fourth-order valence-corrected chi connectivity index (χ4v) is 4.51.